The second-order valence-corrected chi connectivity index (χ2v) is 31.9. The van der Waals surface area contributed by atoms with Gasteiger partial charge in [-0.25, -0.2) is 9.13 Å². The molecule has 0 saturated carbocycles. The Hall–Kier alpha value is -2.46. The molecule has 0 amide bonds. The van der Waals surface area contributed by atoms with Gasteiger partial charge in [-0.3, -0.25) is 37.3 Å². The third-order valence-corrected chi connectivity index (χ3v) is 20.3. The normalized spacial score (nSPS) is 14.0. The molecule has 590 valence electrons. The van der Waals surface area contributed by atoms with E-state index in [1.165, 1.54) is 212 Å². The highest BCUT2D eigenvalue weighted by Crippen LogP contribution is 2.45. The predicted molar refractivity (Wildman–Crippen MR) is 409 cm³/mol. The summed E-state index contributed by atoms with van der Waals surface area (Å²) < 4.78 is 68.6. The second kappa shape index (κ2) is 73.4. The van der Waals surface area contributed by atoms with Gasteiger partial charge in [0.15, 0.2) is 12.2 Å². The van der Waals surface area contributed by atoms with Gasteiger partial charge >= 0.3 is 39.5 Å². The zero-order chi connectivity index (χ0) is 73.4. The van der Waals surface area contributed by atoms with Crippen LogP contribution in [0.3, 0.4) is 0 Å². The first kappa shape index (κ1) is 97.5. The van der Waals surface area contributed by atoms with E-state index in [4.69, 9.17) is 37.0 Å². The van der Waals surface area contributed by atoms with Crippen LogP contribution in [0, 0.1) is 5.92 Å². The van der Waals surface area contributed by atoms with E-state index in [0.717, 1.165) is 115 Å². The van der Waals surface area contributed by atoms with Crippen molar-refractivity contribution in [3.05, 3.63) is 24.3 Å². The maximum absolute atomic E-state index is 13.1. The maximum Gasteiger partial charge on any atom is 0.472 e. The summed E-state index contributed by atoms with van der Waals surface area (Å²) in [6.45, 7) is 7.24. The van der Waals surface area contributed by atoms with Gasteiger partial charge in [0.05, 0.1) is 26.4 Å². The van der Waals surface area contributed by atoms with Crippen LogP contribution in [0.25, 0.3) is 0 Å². The van der Waals surface area contributed by atoms with Crippen molar-refractivity contribution in [1.29, 1.82) is 0 Å². The van der Waals surface area contributed by atoms with Crippen molar-refractivity contribution < 1.29 is 80.2 Å². The molecule has 0 aliphatic rings. The van der Waals surface area contributed by atoms with E-state index >= 15 is 0 Å². The number of ether oxygens (including phenoxy) is 4. The molecule has 17 nitrogen and oxygen atoms in total. The molecule has 0 radical (unpaired) electrons. The number of carbonyl (C=O) groups is 4. The van der Waals surface area contributed by atoms with Crippen molar-refractivity contribution >= 4 is 39.5 Å². The van der Waals surface area contributed by atoms with Gasteiger partial charge in [0, 0.05) is 25.7 Å². The van der Waals surface area contributed by atoms with Crippen LogP contribution in [0.5, 0.6) is 0 Å². The van der Waals surface area contributed by atoms with Crippen LogP contribution in [0.15, 0.2) is 24.3 Å². The van der Waals surface area contributed by atoms with Gasteiger partial charge in [-0.05, 0) is 57.3 Å². The number of unbranched alkanes of at least 4 members (excludes halogenated alkanes) is 48. The van der Waals surface area contributed by atoms with E-state index in [9.17, 15) is 43.2 Å². The first-order chi connectivity index (χ1) is 48.5. The topological polar surface area (TPSA) is 237 Å². The van der Waals surface area contributed by atoms with Crippen molar-refractivity contribution in [2.75, 3.05) is 39.6 Å². The summed E-state index contributed by atoms with van der Waals surface area (Å²) in [6, 6.07) is 0. The van der Waals surface area contributed by atoms with Crippen LogP contribution in [-0.4, -0.2) is 96.7 Å². The van der Waals surface area contributed by atoms with Crippen LogP contribution in [-0.2, 0) is 65.4 Å². The van der Waals surface area contributed by atoms with Gasteiger partial charge in [0.1, 0.15) is 19.3 Å². The number of esters is 4. The van der Waals surface area contributed by atoms with Gasteiger partial charge in [-0.2, -0.15) is 0 Å². The lowest BCUT2D eigenvalue weighted by atomic mass is 10.0. The Bertz CT molecular complexity index is 2000. The van der Waals surface area contributed by atoms with E-state index in [-0.39, 0.29) is 25.7 Å². The molecule has 0 saturated heterocycles. The predicted octanol–water partition coefficient (Wildman–Crippen LogP) is 24.0. The van der Waals surface area contributed by atoms with E-state index in [2.05, 4.69) is 58.9 Å². The summed E-state index contributed by atoms with van der Waals surface area (Å²) in [5.74, 6) is -1.39. The number of carbonyl (C=O) groups excluding carboxylic acids is 4. The molecule has 0 bridgehead atoms. The third kappa shape index (κ3) is 73.8. The molecule has 0 fully saturated rings. The van der Waals surface area contributed by atoms with Crippen LogP contribution in [0.1, 0.15) is 407 Å². The molecular formula is C81H154O17P2. The van der Waals surface area contributed by atoms with Crippen LogP contribution in [0.2, 0.25) is 0 Å². The molecule has 0 aliphatic carbocycles. The minimum atomic E-state index is -4.97. The van der Waals surface area contributed by atoms with Crippen LogP contribution in [0.4, 0.5) is 0 Å². The minimum absolute atomic E-state index is 0.102. The van der Waals surface area contributed by atoms with Crippen LogP contribution >= 0.6 is 15.6 Å². The van der Waals surface area contributed by atoms with E-state index < -0.39 is 97.5 Å². The molecule has 2 unspecified atom stereocenters. The van der Waals surface area contributed by atoms with Crippen molar-refractivity contribution in [2.24, 2.45) is 5.92 Å². The molecule has 0 heterocycles. The van der Waals surface area contributed by atoms with E-state index in [1.807, 2.05) is 0 Å². The largest absolute Gasteiger partial charge is 0.472 e. The molecule has 0 aliphatic heterocycles. The molecule has 100 heavy (non-hydrogen) atoms. The smallest absolute Gasteiger partial charge is 0.462 e. The highest BCUT2D eigenvalue weighted by atomic mass is 31.2. The van der Waals surface area contributed by atoms with Gasteiger partial charge in [-0.1, -0.05) is 354 Å². The number of phosphoric acid groups is 2. The summed E-state index contributed by atoms with van der Waals surface area (Å²) >= 11 is 0. The lowest BCUT2D eigenvalue weighted by Gasteiger charge is -2.21. The number of hydrogen-bond acceptors (Lipinski definition) is 15. The monoisotopic (exact) mass is 1460 g/mol. The fourth-order valence-corrected chi connectivity index (χ4v) is 13.6. The molecular weight excluding hydrogens is 1310 g/mol. The van der Waals surface area contributed by atoms with Crippen molar-refractivity contribution in [3.8, 4) is 0 Å². The standard InChI is InChI=1S/C81H154O17P2/c1-6-9-12-15-18-21-24-26-28-29-30-31-32-33-35-37-40-46-51-56-61-66-80(85)97-76(71-92-79(84)65-60-55-50-45-39-36-34-27-25-22-19-16-13-10-7-2)72-95-99(87,88)93-68-75(82)69-94-100(89,90)96-73-77(70-91-78(83)64-59-54-49-44-38-23-20-17-14-11-8-3)98-81(86)67-62-57-52-47-42-41-43-48-53-58-63-74(4)5/h22,25,27,34,74-77,82H,6-21,23-24,26,28-33,35-73H2,1-5H3,(H,87,88)(H,89,90)/b25-22-,34-27-/t75-,76-,77-/m1/s1. The zero-order valence-corrected chi connectivity index (χ0v) is 66.6. The second-order valence-electron chi connectivity index (χ2n) is 29.0. The number of aliphatic hydroxyl groups is 1. The summed E-state index contributed by atoms with van der Waals surface area (Å²) in [5, 5.41) is 10.6. The Balaban J connectivity index is 5.25. The average Bonchev–Trinajstić information content (AvgIpc) is 0.954. The Morgan fingerprint density at radius 2 is 0.540 bits per heavy atom. The Morgan fingerprint density at radius 1 is 0.310 bits per heavy atom. The van der Waals surface area contributed by atoms with Crippen LogP contribution < -0.4 is 0 Å². The number of aliphatic hydroxyl groups excluding tert-OH is 1. The van der Waals surface area contributed by atoms with Crippen molar-refractivity contribution in [3.63, 3.8) is 0 Å². The molecule has 0 spiro atoms. The number of hydrogen-bond donors (Lipinski definition) is 3. The van der Waals surface area contributed by atoms with Crippen molar-refractivity contribution in [2.45, 2.75) is 425 Å². The lowest BCUT2D eigenvalue weighted by Crippen LogP contribution is -2.30. The molecule has 0 aromatic heterocycles. The van der Waals surface area contributed by atoms with Gasteiger partial charge in [-0.15, -0.1) is 0 Å². The molecule has 3 N–H and O–H groups in total. The summed E-state index contributed by atoms with van der Waals surface area (Å²) in [5.41, 5.74) is 0. The highest BCUT2D eigenvalue weighted by Gasteiger charge is 2.30. The molecule has 0 aromatic rings. The highest BCUT2D eigenvalue weighted by molar-refractivity contribution is 7.47. The maximum atomic E-state index is 13.1. The first-order valence-electron chi connectivity index (χ1n) is 41.5. The Kier molecular flexibility index (Phi) is 71.6. The van der Waals surface area contributed by atoms with E-state index in [0.29, 0.717) is 25.7 Å². The Morgan fingerprint density at radius 3 is 0.820 bits per heavy atom. The van der Waals surface area contributed by atoms with E-state index in [1.54, 1.807) is 0 Å². The third-order valence-electron chi connectivity index (χ3n) is 18.4. The fourth-order valence-electron chi connectivity index (χ4n) is 12.0. The zero-order valence-electron chi connectivity index (χ0n) is 64.8. The fraction of sp³-hybridized carbons (Fsp3) is 0.901. The average molecular weight is 1460 g/mol. The van der Waals surface area contributed by atoms with Gasteiger partial charge in [0.25, 0.3) is 0 Å². The lowest BCUT2D eigenvalue weighted by molar-refractivity contribution is -0.161. The number of allylic oxidation sites excluding steroid dienone is 4. The summed E-state index contributed by atoms with van der Waals surface area (Å²) in [4.78, 5) is 73.0. The van der Waals surface area contributed by atoms with Gasteiger partial charge in [0.2, 0.25) is 0 Å². The van der Waals surface area contributed by atoms with Crippen molar-refractivity contribution in [1.82, 2.24) is 0 Å². The summed E-state index contributed by atoms with van der Waals surface area (Å²) in [6.07, 6.45) is 67.4. The molecule has 0 aromatic carbocycles. The molecule has 5 atom stereocenters. The Labute approximate surface area is 612 Å². The number of phosphoric ester groups is 2. The quantitative estimate of drug-likeness (QED) is 0.0169. The molecule has 19 heteroatoms. The number of rotatable bonds is 79. The first-order valence-corrected chi connectivity index (χ1v) is 44.4. The van der Waals surface area contributed by atoms with Gasteiger partial charge < -0.3 is 33.8 Å². The molecule has 0 rings (SSSR count). The summed E-state index contributed by atoms with van der Waals surface area (Å²) in [7, 11) is -9.93. The SMILES string of the molecule is CCCCCC/C=C\C=C/CCCCCCCC(=O)OC[C@H](COP(=O)(O)OC[C@@H](O)COP(=O)(O)OC[C@@H](COC(=O)CCCCCCCCCCCCC)OC(=O)CCCCCCCCCCCCC(C)C)OC(=O)CCCCCCCCCCCCCCCCCCCCCCC. The minimum Gasteiger partial charge on any atom is -0.462 e.